The van der Waals surface area contributed by atoms with Gasteiger partial charge in [0.25, 0.3) is 0 Å². The normalized spacial score (nSPS) is 21.5. The summed E-state index contributed by atoms with van der Waals surface area (Å²) >= 11 is 5.88. The molecule has 0 aromatic carbocycles. The van der Waals surface area contributed by atoms with E-state index >= 15 is 0 Å². The van der Waals surface area contributed by atoms with Gasteiger partial charge in [-0.2, -0.15) is 0 Å². The van der Waals surface area contributed by atoms with E-state index in [4.69, 9.17) is 17.3 Å². The fourth-order valence-electron chi connectivity index (χ4n) is 1.83. The molecule has 0 bridgehead atoms. The summed E-state index contributed by atoms with van der Waals surface area (Å²) < 4.78 is 1.99. The number of fused-ring (bicyclic) bond motifs is 1. The first-order valence-electron chi connectivity index (χ1n) is 4.59. The highest BCUT2D eigenvalue weighted by Gasteiger charge is 2.21. The van der Waals surface area contributed by atoms with E-state index in [1.54, 1.807) is 0 Å². The molecule has 0 amide bonds. The van der Waals surface area contributed by atoms with Gasteiger partial charge in [-0.15, -0.1) is 10.2 Å². The van der Waals surface area contributed by atoms with Crippen LogP contribution in [0.5, 0.6) is 0 Å². The summed E-state index contributed by atoms with van der Waals surface area (Å²) in [4.78, 5) is 0. The zero-order chi connectivity index (χ0) is 9.26. The summed E-state index contributed by atoms with van der Waals surface area (Å²) in [5.74, 6) is 1.66. The molecule has 2 rings (SSSR count). The smallest absolute Gasteiger partial charge is 0.225 e. The lowest BCUT2D eigenvalue weighted by molar-refractivity contribution is 0.349. The van der Waals surface area contributed by atoms with Gasteiger partial charge in [0.2, 0.25) is 5.28 Å². The van der Waals surface area contributed by atoms with Crippen LogP contribution in [0.2, 0.25) is 5.28 Å². The number of hydrogen-bond donors (Lipinski definition) is 1. The Morgan fingerprint density at radius 2 is 2.38 bits per heavy atom. The van der Waals surface area contributed by atoms with Gasteiger partial charge in [-0.25, -0.2) is 0 Å². The summed E-state index contributed by atoms with van der Waals surface area (Å²) in [6.07, 6.45) is 3.20. The van der Waals surface area contributed by atoms with E-state index in [-0.39, 0.29) is 0 Å². The van der Waals surface area contributed by atoms with Crippen LogP contribution >= 0.6 is 11.6 Å². The first-order valence-corrected chi connectivity index (χ1v) is 4.96. The van der Waals surface area contributed by atoms with E-state index in [0.29, 0.717) is 11.2 Å². The minimum absolute atomic E-state index is 0.511. The van der Waals surface area contributed by atoms with E-state index < -0.39 is 0 Å². The number of halogens is 1. The highest BCUT2D eigenvalue weighted by Crippen LogP contribution is 2.23. The van der Waals surface area contributed by atoms with Crippen molar-refractivity contribution in [2.75, 3.05) is 6.54 Å². The van der Waals surface area contributed by atoms with Crippen LogP contribution in [0.25, 0.3) is 0 Å². The summed E-state index contributed by atoms with van der Waals surface area (Å²) in [6, 6.07) is 0. The van der Waals surface area contributed by atoms with Crippen LogP contribution in [0.15, 0.2) is 0 Å². The maximum absolute atomic E-state index is 5.88. The van der Waals surface area contributed by atoms with Crippen molar-refractivity contribution in [1.29, 1.82) is 0 Å². The van der Waals surface area contributed by atoms with Gasteiger partial charge in [0.1, 0.15) is 5.82 Å². The molecule has 0 saturated heterocycles. The van der Waals surface area contributed by atoms with Crippen molar-refractivity contribution in [2.45, 2.75) is 25.8 Å². The molecule has 0 saturated carbocycles. The van der Waals surface area contributed by atoms with Gasteiger partial charge in [-0.3, -0.25) is 0 Å². The molecule has 0 aliphatic carbocycles. The van der Waals surface area contributed by atoms with Gasteiger partial charge in [0.05, 0.1) is 0 Å². The quantitative estimate of drug-likeness (QED) is 0.770. The van der Waals surface area contributed by atoms with Crippen molar-refractivity contribution in [3.8, 4) is 0 Å². The fourth-order valence-corrected chi connectivity index (χ4v) is 2.04. The minimum atomic E-state index is 0.511. The topological polar surface area (TPSA) is 56.7 Å². The summed E-state index contributed by atoms with van der Waals surface area (Å²) in [5, 5.41) is 8.35. The Morgan fingerprint density at radius 1 is 1.54 bits per heavy atom. The molecule has 72 valence electrons. The second-order valence-corrected chi connectivity index (χ2v) is 3.82. The minimum Gasteiger partial charge on any atom is -0.330 e. The van der Waals surface area contributed by atoms with E-state index in [2.05, 4.69) is 10.2 Å². The zero-order valence-electron chi connectivity index (χ0n) is 7.41. The Kier molecular flexibility index (Phi) is 2.51. The molecule has 1 unspecified atom stereocenters. The Balaban J connectivity index is 2.13. The first-order chi connectivity index (χ1) is 6.31. The van der Waals surface area contributed by atoms with E-state index in [1.807, 2.05) is 4.57 Å². The highest BCUT2D eigenvalue weighted by atomic mass is 35.5. The monoisotopic (exact) mass is 200 g/mol. The summed E-state index contributed by atoms with van der Waals surface area (Å²) in [6.45, 7) is 1.68. The van der Waals surface area contributed by atoms with Crippen LogP contribution < -0.4 is 5.73 Å². The lowest BCUT2D eigenvalue weighted by atomic mass is 9.96. The Morgan fingerprint density at radius 3 is 3.15 bits per heavy atom. The average molecular weight is 201 g/mol. The van der Waals surface area contributed by atoms with E-state index in [0.717, 1.165) is 38.2 Å². The van der Waals surface area contributed by atoms with Crippen molar-refractivity contribution < 1.29 is 0 Å². The van der Waals surface area contributed by atoms with Gasteiger partial charge >= 0.3 is 0 Å². The number of rotatable bonds is 2. The van der Waals surface area contributed by atoms with E-state index in [9.17, 15) is 0 Å². The maximum Gasteiger partial charge on any atom is 0.225 e. The van der Waals surface area contributed by atoms with Gasteiger partial charge < -0.3 is 10.3 Å². The SMILES string of the molecule is NCCC1CCc2nnc(Cl)n2C1. The maximum atomic E-state index is 5.88. The molecule has 13 heavy (non-hydrogen) atoms. The molecule has 2 heterocycles. The van der Waals surface area contributed by atoms with Crippen LogP contribution in [-0.4, -0.2) is 21.3 Å². The van der Waals surface area contributed by atoms with Crippen molar-refractivity contribution >= 4 is 11.6 Å². The summed E-state index contributed by atoms with van der Waals surface area (Å²) in [7, 11) is 0. The molecule has 5 heteroatoms. The largest absolute Gasteiger partial charge is 0.330 e. The highest BCUT2D eigenvalue weighted by molar-refractivity contribution is 6.28. The molecule has 4 nitrogen and oxygen atoms in total. The van der Waals surface area contributed by atoms with Gasteiger partial charge in [-0.1, -0.05) is 0 Å². The molecule has 0 spiro atoms. The van der Waals surface area contributed by atoms with Crippen LogP contribution in [0.3, 0.4) is 0 Å². The zero-order valence-corrected chi connectivity index (χ0v) is 8.17. The van der Waals surface area contributed by atoms with Crippen molar-refractivity contribution in [1.82, 2.24) is 14.8 Å². The number of aromatic nitrogens is 3. The van der Waals surface area contributed by atoms with Crippen molar-refractivity contribution in [2.24, 2.45) is 11.7 Å². The van der Waals surface area contributed by atoms with Gasteiger partial charge in [-0.05, 0) is 36.9 Å². The Labute approximate surface area is 82.1 Å². The Hall–Kier alpha value is -0.610. The number of aryl methyl sites for hydroxylation is 1. The predicted molar refractivity (Wildman–Crippen MR) is 50.5 cm³/mol. The number of nitrogens with zero attached hydrogens (tertiary/aromatic N) is 3. The third-order valence-electron chi connectivity index (χ3n) is 2.57. The third kappa shape index (κ3) is 1.69. The molecular formula is C8H13ClN4. The molecule has 1 aromatic heterocycles. The average Bonchev–Trinajstić information content (AvgIpc) is 2.49. The standard InChI is InChI=1S/C8H13ClN4/c9-8-12-11-7-2-1-6(3-4-10)5-13(7)8/h6H,1-5,10H2. The molecule has 2 N–H and O–H groups in total. The summed E-state index contributed by atoms with van der Waals surface area (Å²) in [5.41, 5.74) is 5.52. The van der Waals surface area contributed by atoms with E-state index in [1.165, 1.54) is 0 Å². The number of hydrogen-bond acceptors (Lipinski definition) is 3. The lowest BCUT2D eigenvalue weighted by Gasteiger charge is -2.22. The van der Waals surface area contributed by atoms with Crippen LogP contribution in [0.1, 0.15) is 18.7 Å². The molecule has 1 aromatic rings. The molecule has 0 fully saturated rings. The number of nitrogens with two attached hydrogens (primary N) is 1. The second kappa shape index (κ2) is 3.64. The molecule has 1 aliphatic rings. The fraction of sp³-hybridized carbons (Fsp3) is 0.750. The lowest BCUT2D eigenvalue weighted by Crippen LogP contribution is -2.22. The predicted octanol–water partition coefficient (Wildman–Crippen LogP) is 0.843. The van der Waals surface area contributed by atoms with Crippen LogP contribution in [0, 0.1) is 5.92 Å². The van der Waals surface area contributed by atoms with Crippen molar-refractivity contribution in [3.63, 3.8) is 0 Å². The Bertz CT molecular complexity index is 296. The molecular weight excluding hydrogens is 188 g/mol. The van der Waals surface area contributed by atoms with Crippen LogP contribution in [-0.2, 0) is 13.0 Å². The van der Waals surface area contributed by atoms with Gasteiger partial charge in [0, 0.05) is 13.0 Å². The first kappa shape index (κ1) is 8.97. The molecule has 0 radical (unpaired) electrons. The third-order valence-corrected chi connectivity index (χ3v) is 2.85. The second-order valence-electron chi connectivity index (χ2n) is 3.48. The van der Waals surface area contributed by atoms with Gasteiger partial charge in [0.15, 0.2) is 0 Å². The molecule has 1 atom stereocenters. The van der Waals surface area contributed by atoms with Crippen molar-refractivity contribution in [3.05, 3.63) is 11.1 Å². The van der Waals surface area contributed by atoms with Crippen LogP contribution in [0.4, 0.5) is 0 Å². The molecule has 1 aliphatic heterocycles.